The number of rotatable bonds is 12. The van der Waals surface area contributed by atoms with E-state index >= 15 is 0 Å². The lowest BCUT2D eigenvalue weighted by atomic mass is 9.77. The maximum absolute atomic E-state index is 14.7. The van der Waals surface area contributed by atoms with Crippen molar-refractivity contribution in [1.82, 2.24) is 10.6 Å². The molecule has 2 rings (SSSR count). The second-order valence-corrected chi connectivity index (χ2v) is 8.40. The number of nitrogens with one attached hydrogen (secondary N) is 2. The molecular formula is C27H24F8N2O4. The quantitative estimate of drug-likeness (QED) is 0.127. The first-order chi connectivity index (χ1) is 19.1. The molecule has 0 aliphatic heterocycles. The van der Waals surface area contributed by atoms with E-state index in [9.17, 15) is 44.7 Å². The van der Waals surface area contributed by atoms with Crippen LogP contribution in [0.25, 0.3) is 0 Å². The number of esters is 1. The van der Waals surface area contributed by atoms with Gasteiger partial charge in [-0.05, 0) is 34.9 Å². The van der Waals surface area contributed by atoms with Crippen molar-refractivity contribution in [3.05, 3.63) is 108 Å². The Hall–Kier alpha value is -4.36. The van der Waals surface area contributed by atoms with Crippen LogP contribution in [0, 0.1) is 0 Å². The van der Waals surface area contributed by atoms with Crippen LogP contribution in [0.4, 0.5) is 39.9 Å². The van der Waals surface area contributed by atoms with E-state index in [4.69, 9.17) is 0 Å². The highest BCUT2D eigenvalue weighted by atomic mass is 19.4. The fourth-order valence-corrected chi connectivity index (χ4v) is 3.51. The standard InChI is InChI=1S/C27H24F8N2O4/c1-17(14-21(28)12-13-41-27(34,35)23(29)30)25(15-18-6-4-3-5-7-18,37-24(39)36-16-26(31,32)33)20-10-8-19(9-11-20)22(38)40-2/h3-14,23H,1,15-16H2,2H3,(H2,36,37,39)/t25-/m0/s1. The molecule has 0 fully saturated rings. The molecule has 222 valence electrons. The molecule has 0 saturated heterocycles. The summed E-state index contributed by atoms with van der Waals surface area (Å²) >= 11 is 0. The summed E-state index contributed by atoms with van der Waals surface area (Å²) in [4.78, 5) is 24.6. The number of carbonyl (C=O) groups excluding carboxylic acids is 2. The molecule has 0 heterocycles. The molecule has 6 nitrogen and oxygen atoms in total. The van der Waals surface area contributed by atoms with Crippen molar-refractivity contribution >= 4 is 12.0 Å². The van der Waals surface area contributed by atoms with Crippen LogP contribution in [0.15, 0.2) is 91.0 Å². The lowest BCUT2D eigenvalue weighted by Gasteiger charge is -2.37. The van der Waals surface area contributed by atoms with E-state index in [1.54, 1.807) is 35.6 Å². The third-order valence-corrected chi connectivity index (χ3v) is 5.45. The Bertz CT molecular complexity index is 1260. The number of halogens is 8. The molecule has 2 aromatic rings. The third-order valence-electron chi connectivity index (χ3n) is 5.45. The summed E-state index contributed by atoms with van der Waals surface area (Å²) in [5.74, 6) is -2.07. The average Bonchev–Trinajstić information content (AvgIpc) is 2.91. The number of allylic oxidation sites excluding steroid dienone is 2. The van der Waals surface area contributed by atoms with Crippen molar-refractivity contribution in [2.75, 3.05) is 13.7 Å². The predicted octanol–water partition coefficient (Wildman–Crippen LogP) is 6.57. The van der Waals surface area contributed by atoms with E-state index in [-0.39, 0.29) is 35.5 Å². The van der Waals surface area contributed by atoms with Crippen LogP contribution in [0.1, 0.15) is 21.5 Å². The van der Waals surface area contributed by atoms with Gasteiger partial charge in [-0.3, -0.25) is 0 Å². The normalized spacial score (nSPS) is 14.0. The third kappa shape index (κ3) is 9.65. The van der Waals surface area contributed by atoms with Gasteiger partial charge in [-0.25, -0.2) is 14.0 Å². The van der Waals surface area contributed by atoms with Crippen molar-refractivity contribution in [1.29, 1.82) is 0 Å². The molecule has 2 amide bonds. The second-order valence-electron chi connectivity index (χ2n) is 8.40. The first kappa shape index (κ1) is 32.8. The molecule has 0 aliphatic carbocycles. The Balaban J connectivity index is 2.61. The Morgan fingerprint density at radius 2 is 1.61 bits per heavy atom. The molecule has 0 unspecified atom stereocenters. The van der Waals surface area contributed by atoms with Gasteiger partial charge in [-0.1, -0.05) is 49.0 Å². The summed E-state index contributed by atoms with van der Waals surface area (Å²) < 4.78 is 112. The summed E-state index contributed by atoms with van der Waals surface area (Å²) in [6.45, 7) is 2.03. The van der Waals surface area contributed by atoms with Gasteiger partial charge in [-0.15, -0.1) is 0 Å². The number of hydrogen-bond acceptors (Lipinski definition) is 4. The van der Waals surface area contributed by atoms with Crippen LogP contribution in [0.2, 0.25) is 0 Å². The number of benzene rings is 2. The summed E-state index contributed by atoms with van der Waals surface area (Å²) in [5, 5.41) is 4.03. The van der Waals surface area contributed by atoms with Crippen molar-refractivity contribution in [3.63, 3.8) is 0 Å². The van der Waals surface area contributed by atoms with Crippen molar-refractivity contribution in [3.8, 4) is 0 Å². The van der Waals surface area contributed by atoms with E-state index in [1.165, 1.54) is 24.3 Å². The van der Waals surface area contributed by atoms with Gasteiger partial charge < -0.3 is 20.1 Å². The SMILES string of the molecule is C=C(C=C(F)C=COC(F)(F)C(F)F)[C@](Cc1ccccc1)(NC(=O)NCC(F)(F)F)c1ccc(C(=O)OC)cc1. The Labute approximate surface area is 229 Å². The Morgan fingerprint density at radius 1 is 1.00 bits per heavy atom. The van der Waals surface area contributed by atoms with Crippen molar-refractivity contribution in [2.45, 2.75) is 30.7 Å². The minimum absolute atomic E-state index is 0.0151. The second kappa shape index (κ2) is 13.8. The number of methoxy groups -OCH3 is 1. The lowest BCUT2D eigenvalue weighted by molar-refractivity contribution is -0.274. The number of hydrogen-bond donors (Lipinski definition) is 2. The van der Waals surface area contributed by atoms with Crippen LogP contribution in [0.5, 0.6) is 0 Å². The van der Waals surface area contributed by atoms with Crippen molar-refractivity contribution in [2.24, 2.45) is 0 Å². The summed E-state index contributed by atoms with van der Waals surface area (Å²) in [5.41, 5.74) is -1.53. The summed E-state index contributed by atoms with van der Waals surface area (Å²) in [7, 11) is 1.13. The zero-order chi connectivity index (χ0) is 30.8. The zero-order valence-corrected chi connectivity index (χ0v) is 21.3. The predicted molar refractivity (Wildman–Crippen MR) is 132 cm³/mol. The minimum atomic E-state index is -4.90. The van der Waals surface area contributed by atoms with Gasteiger partial charge in [0, 0.05) is 12.5 Å². The van der Waals surface area contributed by atoms with Crippen LogP contribution < -0.4 is 10.6 Å². The maximum Gasteiger partial charge on any atom is 0.460 e. The molecule has 14 heteroatoms. The van der Waals surface area contributed by atoms with Crippen LogP contribution in [0.3, 0.4) is 0 Å². The molecule has 2 aromatic carbocycles. The fourth-order valence-electron chi connectivity index (χ4n) is 3.51. The van der Waals surface area contributed by atoms with Gasteiger partial charge in [-0.2, -0.15) is 30.7 Å². The van der Waals surface area contributed by atoms with Gasteiger partial charge >= 0.3 is 30.7 Å². The first-order valence-corrected chi connectivity index (χ1v) is 11.5. The van der Waals surface area contributed by atoms with E-state index in [0.29, 0.717) is 11.6 Å². The molecule has 1 atom stereocenters. The van der Waals surface area contributed by atoms with Gasteiger partial charge in [0.05, 0.1) is 24.5 Å². The topological polar surface area (TPSA) is 76.7 Å². The molecule has 0 aliphatic rings. The first-order valence-electron chi connectivity index (χ1n) is 11.5. The summed E-state index contributed by atoms with van der Waals surface area (Å²) in [6.07, 6.45) is -13.2. The van der Waals surface area contributed by atoms with Gasteiger partial charge in [0.25, 0.3) is 0 Å². The Kier molecular flexibility index (Phi) is 11.1. The van der Waals surface area contributed by atoms with E-state index < -0.39 is 48.6 Å². The highest BCUT2D eigenvalue weighted by molar-refractivity contribution is 5.89. The number of ether oxygens (including phenoxy) is 2. The highest BCUT2D eigenvalue weighted by Gasteiger charge is 2.43. The minimum Gasteiger partial charge on any atom is -0.465 e. The van der Waals surface area contributed by atoms with E-state index in [2.05, 4.69) is 21.4 Å². The molecule has 0 aromatic heterocycles. The number of urea groups is 1. The van der Waals surface area contributed by atoms with Crippen LogP contribution >= 0.6 is 0 Å². The number of carbonyl (C=O) groups is 2. The number of amides is 2. The summed E-state index contributed by atoms with van der Waals surface area (Å²) in [6, 6.07) is 12.0. The van der Waals surface area contributed by atoms with Crippen LogP contribution in [-0.2, 0) is 21.4 Å². The largest absolute Gasteiger partial charge is 0.465 e. The van der Waals surface area contributed by atoms with Gasteiger partial charge in [0.15, 0.2) is 0 Å². The van der Waals surface area contributed by atoms with Gasteiger partial charge in [0.1, 0.15) is 12.4 Å². The molecule has 0 spiro atoms. The fraction of sp³-hybridized carbons (Fsp3) is 0.259. The highest BCUT2D eigenvalue weighted by Crippen LogP contribution is 2.35. The molecular weight excluding hydrogens is 568 g/mol. The number of alkyl halides is 7. The van der Waals surface area contributed by atoms with E-state index in [0.717, 1.165) is 7.11 Å². The van der Waals surface area contributed by atoms with Crippen LogP contribution in [-0.4, -0.2) is 44.4 Å². The van der Waals surface area contributed by atoms with Crippen molar-refractivity contribution < 1.29 is 54.2 Å². The smallest absolute Gasteiger partial charge is 0.460 e. The monoisotopic (exact) mass is 592 g/mol. The lowest BCUT2D eigenvalue weighted by Crippen LogP contribution is -2.53. The Morgan fingerprint density at radius 3 is 2.15 bits per heavy atom. The molecule has 2 N–H and O–H groups in total. The molecule has 0 radical (unpaired) electrons. The molecule has 0 bridgehead atoms. The average molecular weight is 592 g/mol. The zero-order valence-electron chi connectivity index (χ0n) is 21.3. The molecule has 41 heavy (non-hydrogen) atoms. The van der Waals surface area contributed by atoms with Gasteiger partial charge in [0.2, 0.25) is 0 Å². The molecule has 0 saturated carbocycles. The van der Waals surface area contributed by atoms with E-state index in [1.807, 2.05) is 0 Å². The maximum atomic E-state index is 14.7.